The quantitative estimate of drug-likeness (QED) is 0.343. The number of hydrogen-bond acceptors (Lipinski definition) is 4. The van der Waals surface area contributed by atoms with E-state index in [1.165, 1.54) is 44.9 Å². The second kappa shape index (κ2) is 12.4. The molecule has 0 bridgehead atoms. The average molecular weight is 348 g/mol. The van der Waals surface area contributed by atoms with Crippen molar-refractivity contribution >= 4 is 8.80 Å². The summed E-state index contributed by atoms with van der Waals surface area (Å²) >= 11 is 0. The molecule has 1 atom stereocenters. The molecule has 2 N–H and O–H groups in total. The molecule has 0 rings (SSSR count). The number of hydrogen-bond donors (Lipinski definition) is 1. The van der Waals surface area contributed by atoms with Crippen LogP contribution in [0.3, 0.4) is 0 Å². The summed E-state index contributed by atoms with van der Waals surface area (Å²) in [5, 5.41) is 0. The molecule has 0 aromatic rings. The van der Waals surface area contributed by atoms with Crippen molar-refractivity contribution in [2.45, 2.75) is 90.1 Å². The van der Waals surface area contributed by atoms with Gasteiger partial charge >= 0.3 is 8.80 Å². The lowest BCUT2D eigenvalue weighted by atomic mass is 9.85. The maximum Gasteiger partial charge on any atom is 0.500 e. The molecule has 1 unspecified atom stereocenters. The van der Waals surface area contributed by atoms with Gasteiger partial charge in [0.05, 0.1) is 0 Å². The van der Waals surface area contributed by atoms with E-state index < -0.39 is 8.80 Å². The minimum atomic E-state index is -2.42. The highest BCUT2D eigenvalue weighted by Gasteiger charge is 2.37. The molecule has 140 valence electrons. The van der Waals surface area contributed by atoms with Gasteiger partial charge in [0.1, 0.15) is 0 Å². The van der Waals surface area contributed by atoms with Crippen LogP contribution >= 0.6 is 0 Å². The Morgan fingerprint density at radius 2 is 1.39 bits per heavy atom. The molecule has 0 radical (unpaired) electrons. The van der Waals surface area contributed by atoms with Gasteiger partial charge < -0.3 is 19.0 Å². The second-order valence-corrected chi connectivity index (χ2v) is 10.5. The highest BCUT2D eigenvalue weighted by Crippen LogP contribution is 2.27. The third kappa shape index (κ3) is 11.3. The van der Waals surface area contributed by atoms with Crippen LogP contribution in [0.5, 0.6) is 0 Å². The summed E-state index contributed by atoms with van der Waals surface area (Å²) < 4.78 is 16.5. The van der Waals surface area contributed by atoms with Gasteiger partial charge in [0.25, 0.3) is 0 Å². The first kappa shape index (κ1) is 23.1. The Kier molecular flexibility index (Phi) is 12.5. The molecule has 0 saturated heterocycles. The minimum Gasteiger partial charge on any atom is -0.377 e. The van der Waals surface area contributed by atoms with Crippen LogP contribution in [0.25, 0.3) is 0 Å². The lowest BCUT2D eigenvalue weighted by Crippen LogP contribution is -2.42. The summed E-state index contributed by atoms with van der Waals surface area (Å²) in [5.74, 6) is 0.689. The molecule has 0 aliphatic carbocycles. The first-order chi connectivity index (χ1) is 10.8. The smallest absolute Gasteiger partial charge is 0.377 e. The van der Waals surface area contributed by atoms with E-state index in [2.05, 4.69) is 20.8 Å². The monoisotopic (exact) mass is 347 g/mol. The molecule has 0 fully saturated rings. The van der Waals surface area contributed by atoms with E-state index in [-0.39, 0.29) is 5.54 Å². The Morgan fingerprint density at radius 3 is 1.87 bits per heavy atom. The highest BCUT2D eigenvalue weighted by atomic mass is 28.4. The molecule has 0 heterocycles. The van der Waals surface area contributed by atoms with Crippen molar-refractivity contribution in [2.24, 2.45) is 11.7 Å². The van der Waals surface area contributed by atoms with E-state index in [1.54, 1.807) is 21.3 Å². The largest absolute Gasteiger partial charge is 0.500 e. The van der Waals surface area contributed by atoms with Crippen molar-refractivity contribution in [1.82, 2.24) is 0 Å². The third-order valence-corrected chi connectivity index (χ3v) is 7.39. The van der Waals surface area contributed by atoms with Crippen LogP contribution in [-0.4, -0.2) is 35.7 Å². The second-order valence-electron chi connectivity index (χ2n) is 7.45. The standard InChI is InChI=1S/C18H41NO3Si/c1-7-8-9-10-11-13-17(16-18(2,3)19)14-12-15-23(20-4,21-5)22-6/h17H,7-16,19H2,1-6H3. The SMILES string of the molecule is CCCCCCCC(CCC[Si](OC)(OC)OC)CC(C)(C)N. The molecule has 0 spiro atoms. The molecule has 4 nitrogen and oxygen atoms in total. The molecule has 0 saturated carbocycles. The highest BCUT2D eigenvalue weighted by molar-refractivity contribution is 6.60. The van der Waals surface area contributed by atoms with Crippen molar-refractivity contribution in [3.8, 4) is 0 Å². The van der Waals surface area contributed by atoms with E-state index in [0.717, 1.165) is 18.9 Å². The molecule has 0 aromatic heterocycles. The fourth-order valence-corrected chi connectivity index (χ4v) is 5.04. The molecule has 5 heteroatoms. The normalized spacial score (nSPS) is 14.2. The van der Waals surface area contributed by atoms with Crippen molar-refractivity contribution in [3.05, 3.63) is 0 Å². The zero-order chi connectivity index (χ0) is 17.8. The van der Waals surface area contributed by atoms with Crippen LogP contribution in [-0.2, 0) is 13.3 Å². The molecule has 0 aliphatic rings. The average Bonchev–Trinajstić information content (AvgIpc) is 2.50. The maximum absolute atomic E-state index is 6.26. The number of nitrogens with two attached hydrogens (primary N) is 1. The first-order valence-corrected chi connectivity index (χ1v) is 11.2. The Hall–Kier alpha value is 0.0569. The molecule has 0 amide bonds. The summed E-state index contributed by atoms with van der Waals surface area (Å²) in [6.45, 7) is 6.53. The number of rotatable bonds is 15. The van der Waals surface area contributed by atoms with Gasteiger partial charge in [0, 0.05) is 32.9 Å². The predicted molar refractivity (Wildman–Crippen MR) is 101 cm³/mol. The van der Waals surface area contributed by atoms with Crippen LogP contribution in [0.1, 0.15) is 78.6 Å². The predicted octanol–water partition coefficient (Wildman–Crippen LogP) is 4.75. The fraction of sp³-hybridized carbons (Fsp3) is 1.00. The van der Waals surface area contributed by atoms with Crippen molar-refractivity contribution in [2.75, 3.05) is 21.3 Å². The molecule has 0 aromatic carbocycles. The van der Waals surface area contributed by atoms with E-state index in [0.29, 0.717) is 5.92 Å². The summed E-state index contributed by atoms with van der Waals surface area (Å²) in [7, 11) is 2.64. The van der Waals surface area contributed by atoms with Gasteiger partial charge in [0.2, 0.25) is 0 Å². The van der Waals surface area contributed by atoms with E-state index in [1.807, 2.05) is 0 Å². The van der Waals surface area contributed by atoms with Crippen molar-refractivity contribution in [3.63, 3.8) is 0 Å². The van der Waals surface area contributed by atoms with Crippen LogP contribution < -0.4 is 5.73 Å². The van der Waals surface area contributed by atoms with Gasteiger partial charge in [-0.15, -0.1) is 0 Å². The van der Waals surface area contributed by atoms with Gasteiger partial charge in [-0.1, -0.05) is 51.9 Å². The van der Waals surface area contributed by atoms with Crippen molar-refractivity contribution in [1.29, 1.82) is 0 Å². The Balaban J connectivity index is 4.29. The Bertz CT molecular complexity index is 270. The van der Waals surface area contributed by atoms with Gasteiger partial charge in [0.15, 0.2) is 0 Å². The maximum atomic E-state index is 6.26. The van der Waals surface area contributed by atoms with Crippen LogP contribution in [0.4, 0.5) is 0 Å². The Labute approximate surface area is 145 Å². The Morgan fingerprint density at radius 1 is 0.870 bits per heavy atom. The topological polar surface area (TPSA) is 53.7 Å². The summed E-state index contributed by atoms with van der Waals surface area (Å²) in [6, 6.07) is 0.883. The van der Waals surface area contributed by atoms with Gasteiger partial charge in [-0.3, -0.25) is 0 Å². The molecular formula is C18H41NO3Si. The van der Waals surface area contributed by atoms with Crippen LogP contribution in [0.2, 0.25) is 6.04 Å². The zero-order valence-electron chi connectivity index (χ0n) is 16.5. The first-order valence-electron chi connectivity index (χ1n) is 9.26. The fourth-order valence-electron chi connectivity index (χ4n) is 3.29. The minimum absolute atomic E-state index is 0.0909. The zero-order valence-corrected chi connectivity index (χ0v) is 17.5. The summed E-state index contributed by atoms with van der Waals surface area (Å²) in [4.78, 5) is 0. The van der Waals surface area contributed by atoms with E-state index in [9.17, 15) is 0 Å². The van der Waals surface area contributed by atoms with Crippen LogP contribution in [0, 0.1) is 5.92 Å². The molecule has 23 heavy (non-hydrogen) atoms. The van der Waals surface area contributed by atoms with E-state index >= 15 is 0 Å². The lowest BCUT2D eigenvalue weighted by Gasteiger charge is -2.28. The summed E-state index contributed by atoms with van der Waals surface area (Å²) in [5.41, 5.74) is 6.17. The lowest BCUT2D eigenvalue weighted by molar-refractivity contribution is 0.122. The van der Waals surface area contributed by atoms with Gasteiger partial charge in [-0.25, -0.2) is 0 Å². The molecule has 0 aliphatic heterocycles. The van der Waals surface area contributed by atoms with Crippen molar-refractivity contribution < 1.29 is 13.3 Å². The molecular weight excluding hydrogens is 306 g/mol. The van der Waals surface area contributed by atoms with Gasteiger partial charge in [-0.05, 0) is 32.6 Å². The van der Waals surface area contributed by atoms with Gasteiger partial charge in [-0.2, -0.15) is 0 Å². The van der Waals surface area contributed by atoms with E-state index in [4.69, 9.17) is 19.0 Å². The number of unbranched alkanes of at least 4 members (excludes halogenated alkanes) is 4. The third-order valence-electron chi connectivity index (χ3n) is 4.56. The summed E-state index contributed by atoms with van der Waals surface area (Å²) in [6.07, 6.45) is 11.3. The van der Waals surface area contributed by atoms with Crippen LogP contribution in [0.15, 0.2) is 0 Å².